The fourth-order valence-corrected chi connectivity index (χ4v) is 1.68. The Morgan fingerprint density at radius 1 is 1.53 bits per heavy atom. The van der Waals surface area contributed by atoms with E-state index in [1.807, 2.05) is 45.1 Å². The van der Waals surface area contributed by atoms with Gasteiger partial charge in [-0.3, -0.25) is 14.4 Å². The molecule has 0 atom stereocenters. The number of aromatic nitrogens is 2. The lowest BCUT2D eigenvalue weighted by Crippen LogP contribution is -2.45. The third-order valence-corrected chi connectivity index (χ3v) is 2.70. The Kier molecular flexibility index (Phi) is 4.28. The molecule has 0 aliphatic rings. The molecule has 0 saturated heterocycles. The standard InChI is InChI=1S/C12H21N3O2/c1-12(2,3)15(9-11(16)17)6-5-10-7-13-14(4)8-10/h7-8H,5-6,9H2,1-4H3,(H,16,17). The van der Waals surface area contributed by atoms with Gasteiger partial charge in [0, 0.05) is 25.3 Å². The van der Waals surface area contributed by atoms with Crippen LogP contribution in [0.25, 0.3) is 0 Å². The van der Waals surface area contributed by atoms with E-state index in [1.54, 1.807) is 4.68 Å². The topological polar surface area (TPSA) is 58.4 Å². The number of carboxylic acids is 1. The number of rotatable bonds is 5. The smallest absolute Gasteiger partial charge is 0.317 e. The van der Waals surface area contributed by atoms with E-state index in [-0.39, 0.29) is 12.1 Å². The molecule has 96 valence electrons. The summed E-state index contributed by atoms with van der Waals surface area (Å²) in [4.78, 5) is 12.8. The molecule has 0 radical (unpaired) electrons. The van der Waals surface area contributed by atoms with Crippen LogP contribution in [0.15, 0.2) is 12.4 Å². The Labute approximate surface area is 102 Å². The van der Waals surface area contributed by atoms with Crippen molar-refractivity contribution >= 4 is 5.97 Å². The number of aliphatic carboxylic acids is 1. The zero-order valence-corrected chi connectivity index (χ0v) is 11.0. The van der Waals surface area contributed by atoms with Gasteiger partial charge in [0.25, 0.3) is 0 Å². The number of carbonyl (C=O) groups is 1. The summed E-state index contributed by atoms with van der Waals surface area (Å²) in [6.07, 6.45) is 4.60. The van der Waals surface area contributed by atoms with Crippen molar-refractivity contribution in [3.63, 3.8) is 0 Å². The summed E-state index contributed by atoms with van der Waals surface area (Å²) in [5.74, 6) is -0.786. The highest BCUT2D eigenvalue weighted by atomic mass is 16.4. The van der Waals surface area contributed by atoms with Crippen molar-refractivity contribution in [2.75, 3.05) is 13.1 Å². The van der Waals surface area contributed by atoms with Crippen LogP contribution in [0.2, 0.25) is 0 Å². The van der Waals surface area contributed by atoms with Gasteiger partial charge in [0.15, 0.2) is 0 Å². The van der Waals surface area contributed by atoms with Gasteiger partial charge in [-0.05, 0) is 32.8 Å². The van der Waals surface area contributed by atoms with Crippen LogP contribution in [0, 0.1) is 0 Å². The summed E-state index contributed by atoms with van der Waals surface area (Å²) in [5.41, 5.74) is 0.993. The lowest BCUT2D eigenvalue weighted by atomic mass is 10.1. The molecule has 1 aromatic heterocycles. The molecule has 0 aliphatic carbocycles. The maximum Gasteiger partial charge on any atom is 0.317 e. The normalized spacial score (nSPS) is 12.1. The molecule has 17 heavy (non-hydrogen) atoms. The fourth-order valence-electron chi connectivity index (χ4n) is 1.68. The van der Waals surface area contributed by atoms with Crippen molar-refractivity contribution in [3.05, 3.63) is 18.0 Å². The van der Waals surface area contributed by atoms with E-state index in [0.29, 0.717) is 0 Å². The van der Waals surface area contributed by atoms with E-state index in [2.05, 4.69) is 5.10 Å². The molecule has 5 heteroatoms. The van der Waals surface area contributed by atoms with Crippen LogP contribution in [0.1, 0.15) is 26.3 Å². The Hall–Kier alpha value is -1.36. The molecule has 1 N–H and O–H groups in total. The predicted octanol–water partition coefficient (Wildman–Crippen LogP) is 1.15. The van der Waals surface area contributed by atoms with Crippen molar-refractivity contribution in [1.82, 2.24) is 14.7 Å². The van der Waals surface area contributed by atoms with Crippen LogP contribution in [0.3, 0.4) is 0 Å². The Balaban J connectivity index is 2.58. The molecular formula is C12H21N3O2. The molecule has 1 rings (SSSR count). The quantitative estimate of drug-likeness (QED) is 0.837. The van der Waals surface area contributed by atoms with E-state index in [4.69, 9.17) is 5.11 Å². The Morgan fingerprint density at radius 3 is 2.59 bits per heavy atom. The second-order valence-corrected chi connectivity index (χ2v) is 5.26. The molecule has 0 aromatic carbocycles. The average Bonchev–Trinajstić information content (AvgIpc) is 2.56. The minimum Gasteiger partial charge on any atom is -0.480 e. The number of carboxylic acid groups (broad SMARTS) is 1. The fraction of sp³-hybridized carbons (Fsp3) is 0.667. The average molecular weight is 239 g/mol. The second-order valence-electron chi connectivity index (χ2n) is 5.26. The van der Waals surface area contributed by atoms with E-state index in [9.17, 15) is 4.79 Å². The van der Waals surface area contributed by atoms with Gasteiger partial charge in [0.1, 0.15) is 0 Å². The first-order valence-corrected chi connectivity index (χ1v) is 5.73. The maximum absolute atomic E-state index is 10.8. The van der Waals surface area contributed by atoms with E-state index in [1.165, 1.54) is 0 Å². The largest absolute Gasteiger partial charge is 0.480 e. The van der Waals surface area contributed by atoms with Gasteiger partial charge in [-0.15, -0.1) is 0 Å². The first kappa shape index (κ1) is 13.7. The monoisotopic (exact) mass is 239 g/mol. The lowest BCUT2D eigenvalue weighted by molar-refractivity contribution is -0.139. The molecular weight excluding hydrogens is 218 g/mol. The van der Waals surface area contributed by atoms with Crippen LogP contribution < -0.4 is 0 Å². The van der Waals surface area contributed by atoms with Crippen molar-refractivity contribution in [1.29, 1.82) is 0 Å². The third-order valence-electron chi connectivity index (χ3n) is 2.70. The van der Waals surface area contributed by atoms with Gasteiger partial charge in [0.2, 0.25) is 0 Å². The van der Waals surface area contributed by atoms with Gasteiger partial charge in [-0.25, -0.2) is 0 Å². The number of hydrogen-bond donors (Lipinski definition) is 1. The summed E-state index contributed by atoms with van der Waals surface area (Å²) in [6, 6.07) is 0. The SMILES string of the molecule is Cn1cc(CCN(CC(=O)O)C(C)(C)C)cn1. The molecule has 0 fully saturated rings. The van der Waals surface area contributed by atoms with Gasteiger partial charge in [-0.1, -0.05) is 0 Å². The Bertz CT molecular complexity index is 379. The molecule has 5 nitrogen and oxygen atoms in total. The first-order chi connectivity index (χ1) is 7.79. The Morgan fingerprint density at radius 2 is 2.18 bits per heavy atom. The van der Waals surface area contributed by atoms with E-state index in [0.717, 1.165) is 18.5 Å². The molecule has 0 unspecified atom stereocenters. The van der Waals surface area contributed by atoms with Crippen molar-refractivity contribution < 1.29 is 9.90 Å². The molecule has 1 aromatic rings. The van der Waals surface area contributed by atoms with E-state index < -0.39 is 5.97 Å². The summed E-state index contributed by atoms with van der Waals surface area (Å²) in [5, 5.41) is 13.0. The summed E-state index contributed by atoms with van der Waals surface area (Å²) in [6.45, 7) is 6.88. The van der Waals surface area contributed by atoms with Gasteiger partial charge < -0.3 is 5.11 Å². The highest BCUT2D eigenvalue weighted by molar-refractivity contribution is 5.69. The zero-order chi connectivity index (χ0) is 13.1. The van der Waals surface area contributed by atoms with Crippen molar-refractivity contribution in [2.24, 2.45) is 7.05 Å². The second kappa shape index (κ2) is 5.31. The number of aryl methyl sites for hydroxylation is 1. The first-order valence-electron chi connectivity index (χ1n) is 5.73. The molecule has 1 heterocycles. The maximum atomic E-state index is 10.8. The van der Waals surface area contributed by atoms with Crippen LogP contribution >= 0.6 is 0 Å². The van der Waals surface area contributed by atoms with Crippen molar-refractivity contribution in [3.8, 4) is 0 Å². The van der Waals surface area contributed by atoms with Gasteiger partial charge in [-0.2, -0.15) is 5.10 Å². The zero-order valence-electron chi connectivity index (χ0n) is 11.0. The molecule has 0 bridgehead atoms. The summed E-state index contributed by atoms with van der Waals surface area (Å²) < 4.78 is 1.76. The molecule has 0 aliphatic heterocycles. The van der Waals surface area contributed by atoms with Crippen LogP contribution in [0.5, 0.6) is 0 Å². The number of nitrogens with zero attached hydrogens (tertiary/aromatic N) is 3. The summed E-state index contributed by atoms with van der Waals surface area (Å²) in [7, 11) is 1.88. The number of hydrogen-bond acceptors (Lipinski definition) is 3. The van der Waals surface area contributed by atoms with Crippen LogP contribution in [-0.2, 0) is 18.3 Å². The van der Waals surface area contributed by atoms with Crippen LogP contribution in [0.4, 0.5) is 0 Å². The third kappa shape index (κ3) is 4.56. The highest BCUT2D eigenvalue weighted by Crippen LogP contribution is 2.13. The van der Waals surface area contributed by atoms with Gasteiger partial charge >= 0.3 is 5.97 Å². The lowest BCUT2D eigenvalue weighted by Gasteiger charge is -2.34. The minimum absolute atomic E-state index is 0.0732. The van der Waals surface area contributed by atoms with Crippen LogP contribution in [-0.4, -0.2) is 44.4 Å². The van der Waals surface area contributed by atoms with E-state index >= 15 is 0 Å². The molecule has 0 saturated carbocycles. The minimum atomic E-state index is -0.786. The molecule has 0 amide bonds. The highest BCUT2D eigenvalue weighted by Gasteiger charge is 2.23. The summed E-state index contributed by atoms with van der Waals surface area (Å²) >= 11 is 0. The van der Waals surface area contributed by atoms with Gasteiger partial charge in [0.05, 0.1) is 12.7 Å². The molecule has 0 spiro atoms. The van der Waals surface area contributed by atoms with Crippen molar-refractivity contribution in [2.45, 2.75) is 32.7 Å². The predicted molar refractivity (Wildman–Crippen MR) is 65.9 cm³/mol.